The molecule has 0 spiro atoms. The molecule has 0 bridgehead atoms. The van der Waals surface area contributed by atoms with E-state index in [1.165, 1.54) is 38.5 Å². The van der Waals surface area contributed by atoms with Gasteiger partial charge in [-0.15, -0.1) is 6.42 Å². The number of likely N-dealkylation sites (tertiary alicyclic amines) is 1. The molecule has 2 N–H and O–H groups in total. The van der Waals surface area contributed by atoms with Gasteiger partial charge in [-0.25, -0.2) is 0 Å². The van der Waals surface area contributed by atoms with Crippen molar-refractivity contribution in [2.24, 2.45) is 11.8 Å². The molecule has 0 amide bonds. The van der Waals surface area contributed by atoms with E-state index in [9.17, 15) is 5.11 Å². The fraction of sp³-hybridized carbons (Fsp3) is 0.875. The predicted octanol–water partition coefficient (Wildman–Crippen LogP) is 1.47. The van der Waals surface area contributed by atoms with Gasteiger partial charge in [-0.3, -0.25) is 4.90 Å². The van der Waals surface area contributed by atoms with Crippen molar-refractivity contribution in [3.05, 3.63) is 0 Å². The minimum atomic E-state index is 0.368. The van der Waals surface area contributed by atoms with E-state index in [0.29, 0.717) is 24.5 Å². The lowest BCUT2D eigenvalue weighted by Gasteiger charge is -2.35. The van der Waals surface area contributed by atoms with Crippen LogP contribution in [0.5, 0.6) is 0 Å². The third-order valence-electron chi connectivity index (χ3n) is 4.87. The van der Waals surface area contributed by atoms with E-state index in [1.54, 1.807) is 0 Å². The number of nitrogens with zero attached hydrogens (tertiary/aromatic N) is 1. The van der Waals surface area contributed by atoms with Crippen LogP contribution in [0.15, 0.2) is 0 Å². The lowest BCUT2D eigenvalue weighted by atomic mass is 9.79. The zero-order valence-corrected chi connectivity index (χ0v) is 12.0. The minimum absolute atomic E-state index is 0.368. The molecule has 1 aliphatic carbocycles. The molecule has 0 aromatic heterocycles. The van der Waals surface area contributed by atoms with E-state index in [-0.39, 0.29) is 0 Å². The molecule has 3 heteroatoms. The van der Waals surface area contributed by atoms with Crippen LogP contribution in [0.3, 0.4) is 0 Å². The first-order chi connectivity index (χ1) is 9.33. The van der Waals surface area contributed by atoms with Gasteiger partial charge in [0.15, 0.2) is 0 Å². The fourth-order valence-electron chi connectivity index (χ4n) is 3.54. The van der Waals surface area contributed by atoms with E-state index < -0.39 is 0 Å². The van der Waals surface area contributed by atoms with Crippen LogP contribution in [-0.2, 0) is 0 Å². The van der Waals surface area contributed by atoms with Crippen LogP contribution in [0.1, 0.15) is 38.5 Å². The summed E-state index contributed by atoms with van der Waals surface area (Å²) in [5.74, 6) is 3.94. The summed E-state index contributed by atoms with van der Waals surface area (Å²) in [5.41, 5.74) is 0. The van der Waals surface area contributed by atoms with Gasteiger partial charge in [0.05, 0.1) is 6.54 Å². The second-order valence-electron chi connectivity index (χ2n) is 6.15. The number of aliphatic hydroxyl groups is 1. The Labute approximate surface area is 117 Å². The summed E-state index contributed by atoms with van der Waals surface area (Å²) >= 11 is 0. The molecule has 0 aromatic carbocycles. The Bertz CT molecular complexity index is 292. The highest BCUT2D eigenvalue weighted by atomic mass is 16.3. The number of rotatable bonds is 5. The van der Waals surface area contributed by atoms with Gasteiger partial charge in [0, 0.05) is 25.7 Å². The first-order valence-electron chi connectivity index (χ1n) is 7.83. The second kappa shape index (κ2) is 7.89. The summed E-state index contributed by atoms with van der Waals surface area (Å²) in [7, 11) is 0. The van der Waals surface area contributed by atoms with Crippen molar-refractivity contribution >= 4 is 0 Å². The van der Waals surface area contributed by atoms with Gasteiger partial charge in [0.1, 0.15) is 0 Å². The smallest absolute Gasteiger partial charge is 0.0598 e. The predicted molar refractivity (Wildman–Crippen MR) is 78.8 cm³/mol. The largest absolute Gasteiger partial charge is 0.396 e. The van der Waals surface area contributed by atoms with Crippen LogP contribution in [0.25, 0.3) is 0 Å². The Morgan fingerprint density at radius 3 is 2.42 bits per heavy atom. The molecule has 3 nitrogen and oxygen atoms in total. The molecule has 2 unspecified atom stereocenters. The summed E-state index contributed by atoms with van der Waals surface area (Å²) in [6.45, 7) is 4.49. The maximum absolute atomic E-state index is 9.44. The lowest BCUT2D eigenvalue weighted by Crippen LogP contribution is -2.45. The van der Waals surface area contributed by atoms with Crippen LogP contribution < -0.4 is 5.32 Å². The average Bonchev–Trinajstić information content (AvgIpc) is 2.47. The highest BCUT2D eigenvalue weighted by molar-refractivity contribution is 4.90. The maximum Gasteiger partial charge on any atom is 0.0598 e. The number of hydrogen-bond donors (Lipinski definition) is 2. The third kappa shape index (κ3) is 4.49. The lowest BCUT2D eigenvalue weighted by molar-refractivity contribution is 0.126. The quantitative estimate of drug-likeness (QED) is 0.738. The molecule has 2 fully saturated rings. The van der Waals surface area contributed by atoms with Gasteiger partial charge < -0.3 is 10.4 Å². The Hall–Kier alpha value is -0.560. The fourth-order valence-corrected chi connectivity index (χ4v) is 3.54. The van der Waals surface area contributed by atoms with Crippen molar-refractivity contribution in [1.29, 1.82) is 0 Å². The van der Waals surface area contributed by atoms with Gasteiger partial charge in [0.25, 0.3) is 0 Å². The van der Waals surface area contributed by atoms with Crippen molar-refractivity contribution in [1.82, 2.24) is 10.2 Å². The molecule has 1 saturated heterocycles. The van der Waals surface area contributed by atoms with Crippen LogP contribution in [0, 0.1) is 24.2 Å². The van der Waals surface area contributed by atoms with Crippen LogP contribution in [0.2, 0.25) is 0 Å². The van der Waals surface area contributed by atoms with Gasteiger partial charge in [0.2, 0.25) is 0 Å². The summed E-state index contributed by atoms with van der Waals surface area (Å²) in [6.07, 6.45) is 12.9. The van der Waals surface area contributed by atoms with Crippen LogP contribution >= 0.6 is 0 Å². The van der Waals surface area contributed by atoms with E-state index in [4.69, 9.17) is 6.42 Å². The van der Waals surface area contributed by atoms with E-state index in [0.717, 1.165) is 26.2 Å². The first-order valence-corrected chi connectivity index (χ1v) is 7.83. The minimum Gasteiger partial charge on any atom is -0.396 e. The van der Waals surface area contributed by atoms with E-state index in [2.05, 4.69) is 16.1 Å². The number of hydrogen-bond acceptors (Lipinski definition) is 3. The zero-order chi connectivity index (χ0) is 13.5. The van der Waals surface area contributed by atoms with Crippen LogP contribution in [-0.4, -0.2) is 48.8 Å². The summed E-state index contributed by atoms with van der Waals surface area (Å²) in [5, 5.41) is 13.2. The molecule has 1 heterocycles. The van der Waals surface area contributed by atoms with Crippen molar-refractivity contribution in [3.8, 4) is 12.3 Å². The van der Waals surface area contributed by atoms with E-state index >= 15 is 0 Å². The standard InChI is InChI=1S/C16H28N2O/c1-2-9-18-10-7-16(8-11-18)17-12-14-5-3-4-6-15(14)13-19/h1,14-17,19H,3-13H2. The molecule has 2 rings (SSSR count). The highest BCUT2D eigenvalue weighted by Crippen LogP contribution is 2.29. The Kier molecular flexibility index (Phi) is 6.16. The van der Waals surface area contributed by atoms with Gasteiger partial charge in [-0.1, -0.05) is 18.8 Å². The van der Waals surface area contributed by atoms with E-state index in [1.807, 2.05) is 0 Å². The highest BCUT2D eigenvalue weighted by Gasteiger charge is 2.25. The number of nitrogens with one attached hydrogen (secondary N) is 1. The molecule has 2 atom stereocenters. The molecule has 1 saturated carbocycles. The average molecular weight is 264 g/mol. The van der Waals surface area contributed by atoms with Gasteiger partial charge in [-0.05, 0) is 44.1 Å². The van der Waals surface area contributed by atoms with Crippen LogP contribution in [0.4, 0.5) is 0 Å². The van der Waals surface area contributed by atoms with Crippen molar-refractivity contribution in [3.63, 3.8) is 0 Å². The normalized spacial score (nSPS) is 30.1. The third-order valence-corrected chi connectivity index (χ3v) is 4.87. The molecule has 2 aliphatic rings. The number of piperidine rings is 1. The second-order valence-corrected chi connectivity index (χ2v) is 6.15. The number of aliphatic hydroxyl groups excluding tert-OH is 1. The van der Waals surface area contributed by atoms with Crippen molar-refractivity contribution < 1.29 is 5.11 Å². The Morgan fingerprint density at radius 1 is 1.11 bits per heavy atom. The molecule has 1 aliphatic heterocycles. The Balaban J connectivity index is 1.67. The van der Waals surface area contributed by atoms with Crippen molar-refractivity contribution in [2.75, 3.05) is 32.8 Å². The molecule has 0 radical (unpaired) electrons. The molecular weight excluding hydrogens is 236 g/mol. The topological polar surface area (TPSA) is 35.5 Å². The summed E-state index contributed by atoms with van der Waals surface area (Å²) in [6, 6.07) is 0.648. The van der Waals surface area contributed by atoms with Crippen molar-refractivity contribution in [2.45, 2.75) is 44.6 Å². The molecule has 19 heavy (non-hydrogen) atoms. The summed E-state index contributed by atoms with van der Waals surface area (Å²) < 4.78 is 0. The molecular formula is C16H28N2O. The Morgan fingerprint density at radius 2 is 1.79 bits per heavy atom. The van der Waals surface area contributed by atoms with Gasteiger partial charge in [-0.2, -0.15) is 0 Å². The monoisotopic (exact) mass is 264 g/mol. The summed E-state index contributed by atoms with van der Waals surface area (Å²) in [4.78, 5) is 2.36. The molecule has 108 valence electrons. The van der Waals surface area contributed by atoms with Gasteiger partial charge >= 0.3 is 0 Å². The molecule has 0 aromatic rings. The first kappa shape index (κ1) is 14.8. The SMILES string of the molecule is C#CCN1CCC(NCC2CCCCC2CO)CC1. The maximum atomic E-state index is 9.44. The number of terminal acetylenes is 1. The zero-order valence-electron chi connectivity index (χ0n) is 12.0.